The number of anilines is 2. The van der Waals surface area contributed by atoms with Crippen LogP contribution in [0.5, 0.6) is 5.75 Å². The molecule has 0 radical (unpaired) electrons. The molecule has 1 heterocycles. The molecule has 2 N–H and O–H groups in total. The van der Waals surface area contributed by atoms with Crippen molar-refractivity contribution in [2.75, 3.05) is 24.3 Å². The highest BCUT2D eigenvalue weighted by Crippen LogP contribution is 2.26. The van der Waals surface area contributed by atoms with Gasteiger partial charge in [0, 0.05) is 38.1 Å². The van der Waals surface area contributed by atoms with Crippen LogP contribution in [-0.2, 0) is 6.54 Å². The Morgan fingerprint density at radius 1 is 0.909 bits per heavy atom. The van der Waals surface area contributed by atoms with Crippen molar-refractivity contribution < 1.29 is 4.74 Å². The molecule has 2 aromatic carbocycles. The van der Waals surface area contributed by atoms with E-state index in [1.165, 1.54) is 5.56 Å². The fourth-order valence-corrected chi connectivity index (χ4v) is 4.38. The van der Waals surface area contributed by atoms with E-state index in [0.717, 1.165) is 60.6 Å². The molecule has 1 fully saturated rings. The minimum Gasteiger partial charge on any atom is -0.488 e. The summed E-state index contributed by atoms with van der Waals surface area (Å²) >= 11 is 0. The van der Waals surface area contributed by atoms with Gasteiger partial charge < -0.3 is 20.3 Å². The molecule has 6 heteroatoms. The monoisotopic (exact) mass is 447 g/mol. The van der Waals surface area contributed by atoms with E-state index in [2.05, 4.69) is 72.7 Å². The van der Waals surface area contributed by atoms with Gasteiger partial charge in [0.25, 0.3) is 0 Å². The molecule has 0 amide bonds. The smallest absolute Gasteiger partial charge is 0.225 e. The van der Waals surface area contributed by atoms with Crippen LogP contribution in [0.1, 0.15) is 52.0 Å². The quantitative estimate of drug-likeness (QED) is 0.507. The molecule has 176 valence electrons. The molecule has 0 unspecified atom stereocenters. The number of fused-ring (bicyclic) bond motifs is 1. The van der Waals surface area contributed by atoms with Gasteiger partial charge >= 0.3 is 0 Å². The topological polar surface area (TPSA) is 62.3 Å². The molecule has 3 aromatic rings. The third-order valence-electron chi connectivity index (χ3n) is 6.01. The van der Waals surface area contributed by atoms with Gasteiger partial charge in [-0.2, -0.15) is 4.98 Å². The lowest BCUT2D eigenvalue weighted by Crippen LogP contribution is -2.37. The Kier molecular flexibility index (Phi) is 7.03. The van der Waals surface area contributed by atoms with Crippen LogP contribution in [0, 0.1) is 0 Å². The van der Waals surface area contributed by atoms with Crippen LogP contribution < -0.4 is 20.3 Å². The Morgan fingerprint density at radius 3 is 2.24 bits per heavy atom. The van der Waals surface area contributed by atoms with Crippen LogP contribution in [0.2, 0.25) is 0 Å². The number of ether oxygens (including phenoxy) is 1. The SMILES string of the molecule is CN(C)c1nc(NC2CCC(NCc3ccc(OC(C)(C)C)cc3)CC2)nc2ccccc12. The summed E-state index contributed by atoms with van der Waals surface area (Å²) in [5.74, 6) is 2.61. The van der Waals surface area contributed by atoms with E-state index in [-0.39, 0.29) is 5.60 Å². The second-order valence-corrected chi connectivity index (χ2v) is 10.2. The zero-order valence-electron chi connectivity index (χ0n) is 20.6. The highest BCUT2D eigenvalue weighted by molar-refractivity contribution is 5.90. The molecule has 0 atom stereocenters. The predicted molar refractivity (Wildman–Crippen MR) is 137 cm³/mol. The van der Waals surface area contributed by atoms with Gasteiger partial charge in [-0.25, -0.2) is 4.98 Å². The summed E-state index contributed by atoms with van der Waals surface area (Å²) in [4.78, 5) is 11.6. The number of aromatic nitrogens is 2. The van der Waals surface area contributed by atoms with Crippen molar-refractivity contribution in [3.8, 4) is 5.75 Å². The average molecular weight is 448 g/mol. The molecular weight excluding hydrogens is 410 g/mol. The first-order chi connectivity index (χ1) is 15.8. The third-order valence-corrected chi connectivity index (χ3v) is 6.01. The molecule has 33 heavy (non-hydrogen) atoms. The maximum atomic E-state index is 5.92. The normalized spacial score (nSPS) is 18.8. The lowest BCUT2D eigenvalue weighted by Gasteiger charge is -2.30. The number of rotatable bonds is 7. The molecule has 0 spiro atoms. The number of hydrogen-bond donors (Lipinski definition) is 2. The first-order valence-electron chi connectivity index (χ1n) is 12.0. The van der Waals surface area contributed by atoms with Crippen molar-refractivity contribution in [2.45, 2.75) is 70.7 Å². The minimum atomic E-state index is -0.168. The van der Waals surface area contributed by atoms with E-state index in [9.17, 15) is 0 Å². The fraction of sp³-hybridized carbons (Fsp3) is 0.481. The number of benzene rings is 2. The molecule has 6 nitrogen and oxygen atoms in total. The summed E-state index contributed by atoms with van der Waals surface area (Å²) in [7, 11) is 4.06. The van der Waals surface area contributed by atoms with Gasteiger partial charge in [-0.1, -0.05) is 24.3 Å². The maximum absolute atomic E-state index is 5.92. The van der Waals surface area contributed by atoms with Crippen molar-refractivity contribution in [3.05, 3.63) is 54.1 Å². The molecule has 0 aliphatic heterocycles. The van der Waals surface area contributed by atoms with Crippen LogP contribution >= 0.6 is 0 Å². The van der Waals surface area contributed by atoms with E-state index in [1.54, 1.807) is 0 Å². The highest BCUT2D eigenvalue weighted by atomic mass is 16.5. The highest BCUT2D eigenvalue weighted by Gasteiger charge is 2.22. The Bertz CT molecular complexity index is 1050. The van der Waals surface area contributed by atoms with Gasteiger partial charge in [-0.15, -0.1) is 0 Å². The van der Waals surface area contributed by atoms with Crippen LogP contribution in [0.3, 0.4) is 0 Å². The summed E-state index contributed by atoms with van der Waals surface area (Å²) in [5.41, 5.74) is 2.10. The molecule has 1 aromatic heterocycles. The Balaban J connectivity index is 1.28. The summed E-state index contributed by atoms with van der Waals surface area (Å²) in [6, 6.07) is 17.6. The van der Waals surface area contributed by atoms with Gasteiger partial charge in [-0.05, 0) is 76.3 Å². The first kappa shape index (κ1) is 23.3. The van der Waals surface area contributed by atoms with Crippen molar-refractivity contribution in [1.82, 2.24) is 15.3 Å². The molecule has 1 aliphatic rings. The van der Waals surface area contributed by atoms with Crippen LogP contribution in [0.15, 0.2) is 48.5 Å². The number of hydrogen-bond acceptors (Lipinski definition) is 6. The molecule has 1 aliphatic carbocycles. The third kappa shape index (κ3) is 6.35. The van der Waals surface area contributed by atoms with Crippen molar-refractivity contribution in [2.24, 2.45) is 0 Å². The van der Waals surface area contributed by atoms with Crippen molar-refractivity contribution >= 4 is 22.7 Å². The first-order valence-corrected chi connectivity index (χ1v) is 12.0. The van der Waals surface area contributed by atoms with E-state index in [4.69, 9.17) is 14.7 Å². The van der Waals surface area contributed by atoms with E-state index in [1.807, 2.05) is 26.2 Å². The molecule has 0 saturated heterocycles. The summed E-state index contributed by atoms with van der Waals surface area (Å²) < 4.78 is 5.92. The number of nitrogens with one attached hydrogen (secondary N) is 2. The molecule has 4 rings (SSSR count). The van der Waals surface area contributed by atoms with Gasteiger partial charge in [0.05, 0.1) is 5.52 Å². The lowest BCUT2D eigenvalue weighted by molar-refractivity contribution is 0.131. The van der Waals surface area contributed by atoms with Crippen molar-refractivity contribution in [1.29, 1.82) is 0 Å². The zero-order valence-corrected chi connectivity index (χ0v) is 20.6. The zero-order chi connectivity index (χ0) is 23.4. The van der Waals surface area contributed by atoms with E-state index >= 15 is 0 Å². The van der Waals surface area contributed by atoms with Gasteiger partial charge in [0.2, 0.25) is 5.95 Å². The van der Waals surface area contributed by atoms with Gasteiger partial charge in [-0.3, -0.25) is 0 Å². The Morgan fingerprint density at radius 2 is 1.58 bits per heavy atom. The summed E-state index contributed by atoms with van der Waals surface area (Å²) in [5, 5.41) is 8.41. The molecular formula is C27H37N5O. The Labute approximate surface area is 197 Å². The minimum absolute atomic E-state index is 0.168. The fourth-order valence-electron chi connectivity index (χ4n) is 4.38. The van der Waals surface area contributed by atoms with Crippen LogP contribution in [0.25, 0.3) is 10.9 Å². The number of nitrogens with zero attached hydrogens (tertiary/aromatic N) is 3. The van der Waals surface area contributed by atoms with Crippen molar-refractivity contribution in [3.63, 3.8) is 0 Å². The summed E-state index contributed by atoms with van der Waals surface area (Å²) in [6.45, 7) is 7.10. The predicted octanol–water partition coefficient (Wildman–Crippen LogP) is 5.39. The number of para-hydroxylation sites is 1. The van der Waals surface area contributed by atoms with Crippen LogP contribution in [-0.4, -0.2) is 41.7 Å². The summed E-state index contributed by atoms with van der Waals surface area (Å²) in [6.07, 6.45) is 4.53. The van der Waals surface area contributed by atoms with E-state index in [0.29, 0.717) is 12.1 Å². The van der Waals surface area contributed by atoms with Gasteiger partial charge in [0.15, 0.2) is 0 Å². The molecule has 1 saturated carbocycles. The average Bonchev–Trinajstić information content (AvgIpc) is 2.78. The second-order valence-electron chi connectivity index (χ2n) is 10.2. The van der Waals surface area contributed by atoms with E-state index < -0.39 is 0 Å². The van der Waals surface area contributed by atoms with Gasteiger partial charge in [0.1, 0.15) is 17.2 Å². The van der Waals surface area contributed by atoms with Crippen LogP contribution in [0.4, 0.5) is 11.8 Å². The second kappa shape index (κ2) is 9.96. The largest absolute Gasteiger partial charge is 0.488 e. The lowest BCUT2D eigenvalue weighted by atomic mass is 9.91. The Hall–Kier alpha value is -2.86. The standard InChI is InChI=1S/C27H37N5O/c1-27(2,3)33-22-16-10-19(11-17-22)18-28-20-12-14-21(15-13-20)29-26-30-24-9-7-6-8-23(24)25(31-26)32(4)5/h6-11,16-17,20-21,28H,12-15,18H2,1-5H3,(H,29,30,31). The molecule has 0 bridgehead atoms. The maximum Gasteiger partial charge on any atom is 0.225 e.